The summed E-state index contributed by atoms with van der Waals surface area (Å²) in [5.74, 6) is 0.344. The van der Waals surface area contributed by atoms with Gasteiger partial charge in [0.2, 0.25) is 15.9 Å². The summed E-state index contributed by atoms with van der Waals surface area (Å²) in [6, 6.07) is 13.7. The minimum Gasteiger partial charge on any atom is -0.486 e. The zero-order chi connectivity index (χ0) is 23.4. The second kappa shape index (κ2) is 10.0. The SMILES string of the molecule is CCN(Cc1cccc2c1OCCO2)C(=O)CS(=O)(=O)N1CCN(c2cccc(C)c2)CC1. The van der Waals surface area contributed by atoms with E-state index >= 15 is 0 Å². The lowest BCUT2D eigenvalue weighted by Crippen LogP contribution is -2.51. The maximum atomic E-state index is 13.0. The number of rotatable bonds is 7. The highest BCUT2D eigenvalue weighted by Crippen LogP contribution is 2.34. The number of carbonyl (C=O) groups excluding carboxylic acids is 1. The van der Waals surface area contributed by atoms with Gasteiger partial charge in [0, 0.05) is 50.5 Å². The number of piperazine rings is 1. The summed E-state index contributed by atoms with van der Waals surface area (Å²) in [5, 5.41) is 0. The Bertz CT molecular complexity index is 1100. The summed E-state index contributed by atoms with van der Waals surface area (Å²) < 4.78 is 38.8. The highest BCUT2D eigenvalue weighted by atomic mass is 32.2. The van der Waals surface area contributed by atoms with Crippen LogP contribution >= 0.6 is 0 Å². The molecule has 0 atom stereocenters. The van der Waals surface area contributed by atoms with E-state index in [1.165, 1.54) is 9.87 Å². The van der Waals surface area contributed by atoms with E-state index in [0.717, 1.165) is 11.3 Å². The number of hydrogen-bond acceptors (Lipinski definition) is 6. The Morgan fingerprint density at radius 2 is 1.76 bits per heavy atom. The Morgan fingerprint density at radius 3 is 2.48 bits per heavy atom. The fourth-order valence-corrected chi connectivity index (χ4v) is 5.63. The molecule has 2 aromatic rings. The molecule has 2 heterocycles. The second-order valence-electron chi connectivity index (χ2n) is 8.33. The van der Waals surface area contributed by atoms with Crippen LogP contribution in [0.1, 0.15) is 18.1 Å². The number of benzene rings is 2. The van der Waals surface area contributed by atoms with Gasteiger partial charge in [-0.15, -0.1) is 0 Å². The average molecular weight is 474 g/mol. The van der Waals surface area contributed by atoms with E-state index in [-0.39, 0.29) is 6.54 Å². The number of anilines is 1. The van der Waals surface area contributed by atoms with Gasteiger partial charge in [-0.3, -0.25) is 4.79 Å². The minimum atomic E-state index is -3.70. The minimum absolute atomic E-state index is 0.276. The summed E-state index contributed by atoms with van der Waals surface area (Å²) in [4.78, 5) is 16.7. The van der Waals surface area contributed by atoms with Crippen LogP contribution in [0.4, 0.5) is 5.69 Å². The number of sulfonamides is 1. The molecular weight excluding hydrogens is 442 g/mol. The normalized spacial score (nSPS) is 16.5. The molecule has 0 N–H and O–H groups in total. The fraction of sp³-hybridized carbons (Fsp3) is 0.458. The maximum absolute atomic E-state index is 13.0. The van der Waals surface area contributed by atoms with Crippen LogP contribution in [0.25, 0.3) is 0 Å². The number of carbonyl (C=O) groups is 1. The van der Waals surface area contributed by atoms with Crippen molar-refractivity contribution in [2.75, 3.05) is 56.6 Å². The molecule has 1 fully saturated rings. The molecule has 2 aliphatic rings. The number of nitrogens with zero attached hydrogens (tertiary/aromatic N) is 3. The second-order valence-corrected chi connectivity index (χ2v) is 10.3. The summed E-state index contributed by atoms with van der Waals surface area (Å²) in [6.07, 6.45) is 0. The standard InChI is InChI=1S/C24H31N3O5S/c1-3-25(17-20-7-5-9-22-24(20)32-15-14-31-22)23(28)18-33(29,30)27-12-10-26(11-13-27)21-8-4-6-19(2)16-21/h4-9,16H,3,10-15,17-18H2,1-2H3. The van der Waals surface area contributed by atoms with Crippen LogP contribution < -0.4 is 14.4 Å². The fourth-order valence-electron chi connectivity index (χ4n) is 4.23. The van der Waals surface area contributed by atoms with Crippen molar-refractivity contribution in [3.8, 4) is 11.5 Å². The van der Waals surface area contributed by atoms with E-state index < -0.39 is 21.7 Å². The first-order chi connectivity index (χ1) is 15.9. The van der Waals surface area contributed by atoms with E-state index in [9.17, 15) is 13.2 Å². The predicted octanol–water partition coefficient (Wildman–Crippen LogP) is 2.27. The molecule has 1 saturated heterocycles. The largest absolute Gasteiger partial charge is 0.486 e. The van der Waals surface area contributed by atoms with Gasteiger partial charge in [-0.2, -0.15) is 4.31 Å². The van der Waals surface area contributed by atoms with Crippen molar-refractivity contribution in [3.05, 3.63) is 53.6 Å². The van der Waals surface area contributed by atoms with Gasteiger partial charge < -0.3 is 19.3 Å². The first-order valence-electron chi connectivity index (χ1n) is 11.3. The molecule has 0 radical (unpaired) electrons. The third-order valence-electron chi connectivity index (χ3n) is 6.05. The molecule has 0 spiro atoms. The molecule has 8 nitrogen and oxygen atoms in total. The number of aryl methyl sites for hydroxylation is 1. The average Bonchev–Trinajstić information content (AvgIpc) is 2.82. The van der Waals surface area contributed by atoms with Gasteiger partial charge in [0.15, 0.2) is 11.5 Å². The Labute approximate surface area is 195 Å². The van der Waals surface area contributed by atoms with E-state index in [2.05, 4.69) is 11.0 Å². The molecule has 178 valence electrons. The third kappa shape index (κ3) is 5.42. The van der Waals surface area contributed by atoms with E-state index in [1.54, 1.807) is 4.90 Å². The van der Waals surface area contributed by atoms with Gasteiger partial charge in [0.25, 0.3) is 0 Å². The van der Waals surface area contributed by atoms with Gasteiger partial charge in [0.1, 0.15) is 19.0 Å². The molecular formula is C24H31N3O5S. The lowest BCUT2D eigenvalue weighted by atomic mass is 10.1. The molecule has 0 aromatic heterocycles. The zero-order valence-electron chi connectivity index (χ0n) is 19.2. The van der Waals surface area contributed by atoms with Gasteiger partial charge in [0.05, 0.1) is 0 Å². The van der Waals surface area contributed by atoms with Crippen LogP contribution in [0.3, 0.4) is 0 Å². The van der Waals surface area contributed by atoms with Gasteiger partial charge in [-0.25, -0.2) is 8.42 Å². The van der Waals surface area contributed by atoms with Crippen molar-refractivity contribution in [2.24, 2.45) is 0 Å². The van der Waals surface area contributed by atoms with Gasteiger partial charge in [-0.05, 0) is 37.6 Å². The topological polar surface area (TPSA) is 79.4 Å². The van der Waals surface area contributed by atoms with Crippen molar-refractivity contribution in [1.82, 2.24) is 9.21 Å². The first-order valence-corrected chi connectivity index (χ1v) is 12.9. The Balaban J connectivity index is 1.38. The summed E-state index contributed by atoms with van der Waals surface area (Å²) in [6.45, 7) is 7.44. The Morgan fingerprint density at radius 1 is 1.03 bits per heavy atom. The lowest BCUT2D eigenvalue weighted by molar-refractivity contribution is -0.128. The maximum Gasteiger partial charge on any atom is 0.239 e. The quantitative estimate of drug-likeness (QED) is 0.614. The van der Waals surface area contributed by atoms with Crippen molar-refractivity contribution in [1.29, 1.82) is 0 Å². The predicted molar refractivity (Wildman–Crippen MR) is 127 cm³/mol. The smallest absolute Gasteiger partial charge is 0.239 e. The molecule has 0 aliphatic carbocycles. The van der Waals surface area contributed by atoms with E-state index in [4.69, 9.17) is 9.47 Å². The molecule has 0 unspecified atom stereocenters. The zero-order valence-corrected chi connectivity index (χ0v) is 20.0. The Hall–Kier alpha value is -2.78. The number of fused-ring (bicyclic) bond motifs is 1. The molecule has 2 aromatic carbocycles. The van der Waals surface area contributed by atoms with Gasteiger partial charge >= 0.3 is 0 Å². The van der Waals surface area contributed by atoms with Crippen molar-refractivity contribution >= 4 is 21.6 Å². The highest BCUT2D eigenvalue weighted by molar-refractivity contribution is 7.89. The molecule has 1 amide bonds. The molecule has 33 heavy (non-hydrogen) atoms. The van der Waals surface area contributed by atoms with E-state index in [1.807, 2.05) is 50.2 Å². The monoisotopic (exact) mass is 473 g/mol. The summed E-state index contributed by atoms with van der Waals surface area (Å²) in [7, 11) is -3.70. The third-order valence-corrected chi connectivity index (χ3v) is 7.81. The van der Waals surface area contributed by atoms with Crippen LogP contribution in [-0.4, -0.2) is 75.2 Å². The van der Waals surface area contributed by atoms with Crippen LogP contribution in [0.2, 0.25) is 0 Å². The van der Waals surface area contributed by atoms with Crippen molar-refractivity contribution < 1.29 is 22.7 Å². The van der Waals surface area contributed by atoms with E-state index in [0.29, 0.717) is 57.4 Å². The van der Waals surface area contributed by atoms with Crippen LogP contribution in [0.15, 0.2) is 42.5 Å². The number of para-hydroxylation sites is 1. The molecule has 4 rings (SSSR count). The van der Waals surface area contributed by atoms with Crippen molar-refractivity contribution in [2.45, 2.75) is 20.4 Å². The van der Waals surface area contributed by atoms with Crippen molar-refractivity contribution in [3.63, 3.8) is 0 Å². The van der Waals surface area contributed by atoms with Crippen LogP contribution in [0.5, 0.6) is 11.5 Å². The highest BCUT2D eigenvalue weighted by Gasteiger charge is 2.31. The Kier molecular flexibility index (Phi) is 7.09. The number of ether oxygens (including phenoxy) is 2. The molecule has 2 aliphatic heterocycles. The molecule has 9 heteroatoms. The molecule has 0 saturated carbocycles. The molecule has 0 bridgehead atoms. The first kappa shape index (κ1) is 23.4. The lowest BCUT2D eigenvalue weighted by Gasteiger charge is -2.35. The number of hydrogen-bond donors (Lipinski definition) is 0. The van der Waals surface area contributed by atoms with Crippen LogP contribution in [0, 0.1) is 6.92 Å². The summed E-state index contributed by atoms with van der Waals surface area (Å²) >= 11 is 0. The number of amides is 1. The van der Waals surface area contributed by atoms with Crippen LogP contribution in [-0.2, 0) is 21.4 Å². The summed E-state index contributed by atoms with van der Waals surface area (Å²) in [5.41, 5.74) is 3.08. The van der Waals surface area contributed by atoms with Gasteiger partial charge in [-0.1, -0.05) is 24.3 Å².